The lowest BCUT2D eigenvalue weighted by Crippen LogP contribution is -2.21. The first-order valence-electron chi connectivity index (χ1n) is 6.98. The highest BCUT2D eigenvalue weighted by atomic mass is 15.2. The van der Waals surface area contributed by atoms with E-state index in [-0.39, 0.29) is 0 Å². The van der Waals surface area contributed by atoms with Gasteiger partial charge in [-0.3, -0.25) is 4.98 Å². The average Bonchev–Trinajstić information content (AvgIpc) is 2.78. The lowest BCUT2D eigenvalue weighted by molar-refractivity contribution is 0.762. The molecule has 0 fully saturated rings. The van der Waals surface area contributed by atoms with E-state index in [1.807, 2.05) is 46.1 Å². The van der Waals surface area contributed by atoms with Crippen molar-refractivity contribution in [3.63, 3.8) is 0 Å². The number of imidazole rings is 1. The smallest absolute Gasteiger partial charge is 0.150 e. The number of hydrogen-bond acceptors (Lipinski definition) is 4. The Morgan fingerprint density at radius 3 is 2.67 bits per heavy atom. The molecule has 3 aromatic rings. The summed E-state index contributed by atoms with van der Waals surface area (Å²) in [5.74, 6) is 1.92. The third kappa shape index (κ3) is 2.46. The molecular weight excluding hydrogens is 262 g/mol. The fraction of sp³-hybridized carbons (Fsp3) is 0.312. The van der Waals surface area contributed by atoms with Crippen molar-refractivity contribution >= 4 is 16.9 Å². The Bertz CT molecular complexity index is 790. The highest BCUT2D eigenvalue weighted by molar-refractivity contribution is 5.75. The van der Waals surface area contributed by atoms with Crippen LogP contribution in [0.4, 0.5) is 5.82 Å². The van der Waals surface area contributed by atoms with Crippen LogP contribution < -0.4 is 4.90 Å². The topological polar surface area (TPSA) is 46.8 Å². The minimum absolute atomic E-state index is 0.699. The molecule has 0 spiro atoms. The van der Waals surface area contributed by atoms with Gasteiger partial charge in [-0.2, -0.15) is 0 Å². The van der Waals surface area contributed by atoms with Crippen LogP contribution in [-0.2, 0) is 13.6 Å². The molecule has 2 aromatic heterocycles. The van der Waals surface area contributed by atoms with E-state index in [0.29, 0.717) is 6.54 Å². The van der Waals surface area contributed by atoms with Gasteiger partial charge in [-0.25, -0.2) is 9.97 Å². The van der Waals surface area contributed by atoms with Crippen LogP contribution in [0.5, 0.6) is 0 Å². The molecule has 0 bridgehead atoms. The summed E-state index contributed by atoms with van der Waals surface area (Å²) in [5, 5.41) is 0. The van der Waals surface area contributed by atoms with E-state index in [9.17, 15) is 0 Å². The molecule has 0 aliphatic rings. The lowest BCUT2D eigenvalue weighted by Gasteiger charge is -2.19. The normalized spacial score (nSPS) is 11.0. The molecule has 0 radical (unpaired) electrons. The SMILES string of the molecule is Cc1cnc(C)c(N(C)Cc2nc3ccccc3n2C)n1. The Kier molecular flexibility index (Phi) is 3.33. The number of aromatic nitrogens is 4. The molecule has 5 heteroatoms. The molecule has 3 rings (SSSR count). The van der Waals surface area contributed by atoms with E-state index < -0.39 is 0 Å². The van der Waals surface area contributed by atoms with Gasteiger partial charge in [0.2, 0.25) is 0 Å². The van der Waals surface area contributed by atoms with Gasteiger partial charge in [-0.15, -0.1) is 0 Å². The van der Waals surface area contributed by atoms with Crippen molar-refractivity contribution in [1.29, 1.82) is 0 Å². The molecule has 5 nitrogen and oxygen atoms in total. The molecule has 0 amide bonds. The van der Waals surface area contributed by atoms with E-state index in [1.165, 1.54) is 0 Å². The number of benzene rings is 1. The first-order chi connectivity index (χ1) is 10.1. The van der Waals surface area contributed by atoms with Crippen molar-refractivity contribution in [2.75, 3.05) is 11.9 Å². The summed E-state index contributed by atoms with van der Waals surface area (Å²) in [4.78, 5) is 15.8. The number of fused-ring (bicyclic) bond motifs is 1. The molecule has 1 aromatic carbocycles. The van der Waals surface area contributed by atoms with Crippen molar-refractivity contribution in [3.8, 4) is 0 Å². The Morgan fingerprint density at radius 1 is 1.14 bits per heavy atom. The molecule has 0 unspecified atom stereocenters. The van der Waals surface area contributed by atoms with Gasteiger partial charge < -0.3 is 9.47 Å². The molecule has 0 atom stereocenters. The molecule has 0 aliphatic heterocycles. The molecule has 21 heavy (non-hydrogen) atoms. The standard InChI is InChI=1S/C16H19N5/c1-11-9-17-12(2)16(18-11)20(3)10-15-19-13-7-5-6-8-14(13)21(15)4/h5-9H,10H2,1-4H3. The Hall–Kier alpha value is -2.43. The van der Waals surface area contributed by atoms with Gasteiger partial charge in [0.1, 0.15) is 11.6 Å². The van der Waals surface area contributed by atoms with Crippen molar-refractivity contribution in [2.45, 2.75) is 20.4 Å². The number of hydrogen-bond donors (Lipinski definition) is 0. The van der Waals surface area contributed by atoms with Crippen LogP contribution in [0.2, 0.25) is 0 Å². The zero-order chi connectivity index (χ0) is 15.0. The number of aryl methyl sites for hydroxylation is 3. The first kappa shape index (κ1) is 13.5. The summed E-state index contributed by atoms with van der Waals surface area (Å²) in [6, 6.07) is 8.17. The summed E-state index contributed by atoms with van der Waals surface area (Å²) in [7, 11) is 4.07. The monoisotopic (exact) mass is 281 g/mol. The van der Waals surface area contributed by atoms with Gasteiger partial charge in [0.05, 0.1) is 29.0 Å². The number of nitrogens with zero attached hydrogens (tertiary/aromatic N) is 5. The van der Waals surface area contributed by atoms with E-state index in [0.717, 1.165) is 34.1 Å². The van der Waals surface area contributed by atoms with Crippen molar-refractivity contribution in [3.05, 3.63) is 47.7 Å². The van der Waals surface area contributed by atoms with Gasteiger partial charge in [-0.1, -0.05) is 12.1 Å². The van der Waals surface area contributed by atoms with Crippen LogP contribution in [-0.4, -0.2) is 26.6 Å². The van der Waals surface area contributed by atoms with E-state index in [2.05, 4.69) is 25.5 Å². The largest absolute Gasteiger partial charge is 0.351 e. The Balaban J connectivity index is 1.94. The molecular formula is C16H19N5. The van der Waals surface area contributed by atoms with Gasteiger partial charge in [-0.05, 0) is 26.0 Å². The number of para-hydroxylation sites is 2. The predicted molar refractivity (Wildman–Crippen MR) is 84.3 cm³/mol. The second-order valence-corrected chi connectivity index (χ2v) is 5.35. The summed E-state index contributed by atoms with van der Waals surface area (Å²) in [6.45, 7) is 4.64. The minimum Gasteiger partial charge on any atom is -0.351 e. The fourth-order valence-electron chi connectivity index (χ4n) is 2.51. The maximum atomic E-state index is 4.70. The quantitative estimate of drug-likeness (QED) is 0.740. The van der Waals surface area contributed by atoms with Crippen molar-refractivity contribution in [2.24, 2.45) is 7.05 Å². The second kappa shape index (κ2) is 5.16. The van der Waals surface area contributed by atoms with Gasteiger partial charge in [0, 0.05) is 20.3 Å². The van der Waals surface area contributed by atoms with Crippen LogP contribution >= 0.6 is 0 Å². The van der Waals surface area contributed by atoms with Gasteiger partial charge in [0.15, 0.2) is 0 Å². The Labute approximate surface area is 124 Å². The predicted octanol–water partition coefficient (Wildman–Crippen LogP) is 2.62. The highest BCUT2D eigenvalue weighted by Crippen LogP contribution is 2.19. The van der Waals surface area contributed by atoms with Crippen LogP contribution in [0.1, 0.15) is 17.2 Å². The zero-order valence-electron chi connectivity index (χ0n) is 12.8. The summed E-state index contributed by atoms with van der Waals surface area (Å²) < 4.78 is 2.13. The molecule has 0 saturated heterocycles. The maximum absolute atomic E-state index is 4.70. The summed E-state index contributed by atoms with van der Waals surface area (Å²) >= 11 is 0. The molecule has 0 saturated carbocycles. The van der Waals surface area contributed by atoms with E-state index in [4.69, 9.17) is 4.98 Å². The van der Waals surface area contributed by atoms with Crippen LogP contribution in [0.25, 0.3) is 11.0 Å². The van der Waals surface area contributed by atoms with Gasteiger partial charge in [0.25, 0.3) is 0 Å². The van der Waals surface area contributed by atoms with Crippen molar-refractivity contribution in [1.82, 2.24) is 19.5 Å². The maximum Gasteiger partial charge on any atom is 0.150 e. The second-order valence-electron chi connectivity index (χ2n) is 5.35. The van der Waals surface area contributed by atoms with E-state index >= 15 is 0 Å². The summed E-state index contributed by atoms with van der Waals surface area (Å²) in [5.41, 5.74) is 4.03. The van der Waals surface area contributed by atoms with Crippen LogP contribution in [0.3, 0.4) is 0 Å². The third-order valence-electron chi connectivity index (χ3n) is 3.67. The fourth-order valence-corrected chi connectivity index (χ4v) is 2.51. The highest BCUT2D eigenvalue weighted by Gasteiger charge is 2.13. The molecule has 108 valence electrons. The first-order valence-corrected chi connectivity index (χ1v) is 6.98. The number of anilines is 1. The van der Waals surface area contributed by atoms with Crippen LogP contribution in [0.15, 0.2) is 30.5 Å². The minimum atomic E-state index is 0.699. The van der Waals surface area contributed by atoms with E-state index in [1.54, 1.807) is 6.20 Å². The van der Waals surface area contributed by atoms with Gasteiger partial charge >= 0.3 is 0 Å². The van der Waals surface area contributed by atoms with Crippen molar-refractivity contribution < 1.29 is 0 Å². The zero-order valence-corrected chi connectivity index (χ0v) is 12.8. The third-order valence-corrected chi connectivity index (χ3v) is 3.67. The lowest BCUT2D eigenvalue weighted by atomic mass is 10.3. The Morgan fingerprint density at radius 2 is 1.90 bits per heavy atom. The van der Waals surface area contributed by atoms with Crippen LogP contribution in [0, 0.1) is 13.8 Å². The summed E-state index contributed by atoms with van der Waals surface area (Å²) in [6.07, 6.45) is 1.79. The molecule has 0 aliphatic carbocycles. The average molecular weight is 281 g/mol. The number of rotatable bonds is 3. The molecule has 0 N–H and O–H groups in total. The molecule has 2 heterocycles.